The number of nitrogens with two attached hydrogens (primary N) is 4. The lowest BCUT2D eigenvalue weighted by Crippen LogP contribution is -2.47. The number of benzene rings is 2. The van der Waals surface area contributed by atoms with Crippen molar-refractivity contribution in [2.45, 2.75) is 84.0 Å². The normalized spacial score (nSPS) is 13.6. The molecule has 0 radical (unpaired) electrons. The van der Waals surface area contributed by atoms with Gasteiger partial charge in [-0.1, -0.05) is 36.4 Å². The lowest BCUT2D eigenvalue weighted by atomic mass is 9.96. The molecule has 0 heterocycles. The van der Waals surface area contributed by atoms with E-state index in [1.54, 1.807) is 0 Å². The number of carbonyl (C=O) groups is 4. The highest BCUT2D eigenvalue weighted by Gasteiger charge is 2.29. The Hall–Kier alpha value is -4.24. The average molecular weight is 599 g/mol. The van der Waals surface area contributed by atoms with Crippen LogP contribution in [0.25, 0.3) is 0 Å². The van der Waals surface area contributed by atoms with Crippen molar-refractivity contribution in [2.75, 3.05) is 9.80 Å². The third kappa shape index (κ3) is 9.92. The van der Waals surface area contributed by atoms with E-state index in [1.165, 1.54) is 0 Å². The van der Waals surface area contributed by atoms with Crippen LogP contribution in [0.4, 0.5) is 11.4 Å². The van der Waals surface area contributed by atoms with Gasteiger partial charge in [-0.15, -0.1) is 0 Å². The van der Waals surface area contributed by atoms with Gasteiger partial charge in [-0.05, 0) is 51.0 Å². The summed E-state index contributed by atoms with van der Waals surface area (Å²) in [6.45, 7) is 7.58. The number of para-hydroxylation sites is 2. The molecule has 0 aliphatic rings. The summed E-state index contributed by atoms with van der Waals surface area (Å²) in [6.07, 6.45) is 0.878. The standard InChI is InChI=1S/C29H46N10O4/c1-18(13-26(40)34-30)38(19(2)14-27(41)35-31)24-11-7-5-9-22(24)17-23-10-6-8-12-25(23)39(20(3)15-28(42)36-32)21(4)16-29(43)37-33/h5-12,18-21H,13-17,30-33H2,1-4H3,(H,34,40)(H,35,41)(H,36,42)(H,37,43). The highest BCUT2D eigenvalue weighted by Crippen LogP contribution is 2.33. The summed E-state index contributed by atoms with van der Waals surface area (Å²) in [5.74, 6) is 20.2. The van der Waals surface area contributed by atoms with E-state index in [4.69, 9.17) is 23.4 Å². The van der Waals surface area contributed by atoms with Crippen LogP contribution in [-0.2, 0) is 25.6 Å². The Balaban J connectivity index is 2.61. The summed E-state index contributed by atoms with van der Waals surface area (Å²) >= 11 is 0. The van der Waals surface area contributed by atoms with Gasteiger partial charge in [0, 0.05) is 67.6 Å². The summed E-state index contributed by atoms with van der Waals surface area (Å²) in [4.78, 5) is 53.0. The first-order valence-electron chi connectivity index (χ1n) is 14.2. The van der Waals surface area contributed by atoms with Gasteiger partial charge in [0.1, 0.15) is 0 Å². The van der Waals surface area contributed by atoms with Crippen LogP contribution in [0.3, 0.4) is 0 Å². The molecule has 236 valence electrons. The second-order valence-corrected chi connectivity index (χ2v) is 10.7. The molecule has 0 spiro atoms. The highest BCUT2D eigenvalue weighted by molar-refractivity contribution is 5.79. The van der Waals surface area contributed by atoms with Crippen molar-refractivity contribution in [1.29, 1.82) is 0 Å². The molecule has 2 rings (SSSR count). The molecule has 14 nitrogen and oxygen atoms in total. The van der Waals surface area contributed by atoms with Crippen LogP contribution in [-0.4, -0.2) is 47.8 Å². The number of hydrazine groups is 4. The van der Waals surface area contributed by atoms with E-state index in [-0.39, 0.29) is 73.5 Å². The van der Waals surface area contributed by atoms with Crippen LogP contribution in [0.2, 0.25) is 0 Å². The maximum Gasteiger partial charge on any atom is 0.235 e. The summed E-state index contributed by atoms with van der Waals surface area (Å²) in [7, 11) is 0. The van der Waals surface area contributed by atoms with Gasteiger partial charge in [0.15, 0.2) is 0 Å². The minimum atomic E-state index is -0.336. The van der Waals surface area contributed by atoms with Crippen LogP contribution in [0.5, 0.6) is 0 Å². The van der Waals surface area contributed by atoms with Crippen LogP contribution < -0.4 is 54.9 Å². The van der Waals surface area contributed by atoms with E-state index in [2.05, 4.69) is 21.7 Å². The Labute approximate surface area is 252 Å². The molecule has 14 heteroatoms. The molecule has 2 aromatic rings. The second-order valence-electron chi connectivity index (χ2n) is 10.7. The molecule has 2 aromatic carbocycles. The predicted molar refractivity (Wildman–Crippen MR) is 166 cm³/mol. The molecule has 0 saturated carbocycles. The van der Waals surface area contributed by atoms with E-state index < -0.39 is 0 Å². The fraction of sp³-hybridized carbons (Fsp3) is 0.448. The Bertz CT molecular complexity index is 1100. The van der Waals surface area contributed by atoms with E-state index in [1.807, 2.05) is 86.0 Å². The van der Waals surface area contributed by atoms with Crippen molar-refractivity contribution >= 4 is 35.0 Å². The molecule has 0 aliphatic carbocycles. The monoisotopic (exact) mass is 598 g/mol. The predicted octanol–water partition coefficient (Wildman–Crippen LogP) is -0.0358. The van der Waals surface area contributed by atoms with Crippen molar-refractivity contribution in [1.82, 2.24) is 21.7 Å². The van der Waals surface area contributed by atoms with E-state index in [0.29, 0.717) is 6.42 Å². The molecule has 0 bridgehead atoms. The first-order chi connectivity index (χ1) is 20.5. The summed E-state index contributed by atoms with van der Waals surface area (Å²) in [5.41, 5.74) is 12.3. The third-order valence-electron chi connectivity index (χ3n) is 7.39. The molecule has 4 amide bonds. The van der Waals surface area contributed by atoms with Crippen molar-refractivity contribution < 1.29 is 19.2 Å². The SMILES string of the molecule is CC(CC(=O)NN)N(c1ccccc1Cc1ccccc1N(C(C)CC(=O)NN)C(C)CC(=O)NN)C(C)CC(=O)NN. The van der Waals surface area contributed by atoms with Gasteiger partial charge >= 0.3 is 0 Å². The van der Waals surface area contributed by atoms with E-state index in [9.17, 15) is 19.2 Å². The van der Waals surface area contributed by atoms with Gasteiger partial charge in [0.2, 0.25) is 23.6 Å². The van der Waals surface area contributed by atoms with E-state index >= 15 is 0 Å². The van der Waals surface area contributed by atoms with Crippen molar-refractivity contribution in [2.24, 2.45) is 23.4 Å². The minimum absolute atomic E-state index is 0.102. The summed E-state index contributed by atoms with van der Waals surface area (Å²) < 4.78 is 0. The van der Waals surface area contributed by atoms with Gasteiger partial charge in [-0.3, -0.25) is 40.9 Å². The minimum Gasteiger partial charge on any atom is -0.365 e. The summed E-state index contributed by atoms with van der Waals surface area (Å²) in [5, 5.41) is 0. The van der Waals surface area contributed by atoms with Crippen LogP contribution in [0.1, 0.15) is 64.5 Å². The summed E-state index contributed by atoms with van der Waals surface area (Å²) in [6, 6.07) is 14.3. The van der Waals surface area contributed by atoms with Gasteiger partial charge in [-0.2, -0.15) is 0 Å². The number of carbonyl (C=O) groups excluding carboxylic acids is 4. The first kappa shape index (κ1) is 35.0. The molecule has 0 fully saturated rings. The van der Waals surface area contributed by atoms with Gasteiger partial charge in [0.05, 0.1) is 0 Å². The first-order valence-corrected chi connectivity index (χ1v) is 14.2. The third-order valence-corrected chi connectivity index (χ3v) is 7.39. The lowest BCUT2D eigenvalue weighted by molar-refractivity contribution is -0.122. The van der Waals surface area contributed by atoms with Crippen LogP contribution in [0.15, 0.2) is 48.5 Å². The number of nitrogens with zero attached hydrogens (tertiary/aromatic N) is 2. The van der Waals surface area contributed by atoms with Crippen molar-refractivity contribution in [3.63, 3.8) is 0 Å². The zero-order chi connectivity index (χ0) is 32.1. The quantitative estimate of drug-likeness (QED) is 0.0731. The van der Waals surface area contributed by atoms with Gasteiger partial charge < -0.3 is 9.80 Å². The fourth-order valence-electron chi connectivity index (χ4n) is 5.55. The largest absolute Gasteiger partial charge is 0.365 e. The number of rotatable bonds is 16. The Kier molecular flexibility index (Phi) is 13.8. The van der Waals surface area contributed by atoms with E-state index in [0.717, 1.165) is 22.5 Å². The number of nitrogens with one attached hydrogen (secondary N) is 4. The molecule has 4 atom stereocenters. The number of hydrogen-bond donors (Lipinski definition) is 8. The zero-order valence-corrected chi connectivity index (χ0v) is 25.3. The molecular formula is C29H46N10O4. The smallest absolute Gasteiger partial charge is 0.235 e. The number of amides is 4. The van der Waals surface area contributed by atoms with Crippen molar-refractivity contribution in [3.8, 4) is 0 Å². The van der Waals surface area contributed by atoms with Gasteiger partial charge in [0.25, 0.3) is 0 Å². The Morgan fingerprint density at radius 3 is 1.05 bits per heavy atom. The molecule has 0 saturated heterocycles. The lowest BCUT2D eigenvalue weighted by Gasteiger charge is -2.39. The fourth-order valence-corrected chi connectivity index (χ4v) is 5.55. The topological polar surface area (TPSA) is 227 Å². The number of hydrogen-bond acceptors (Lipinski definition) is 10. The molecule has 12 N–H and O–H groups in total. The molecule has 43 heavy (non-hydrogen) atoms. The highest BCUT2D eigenvalue weighted by atomic mass is 16.2. The number of anilines is 2. The Morgan fingerprint density at radius 1 is 0.535 bits per heavy atom. The van der Waals surface area contributed by atoms with Gasteiger partial charge in [-0.25, -0.2) is 23.4 Å². The van der Waals surface area contributed by atoms with Crippen LogP contribution in [0, 0.1) is 0 Å². The molecule has 0 aliphatic heterocycles. The zero-order valence-electron chi connectivity index (χ0n) is 25.3. The van der Waals surface area contributed by atoms with Crippen molar-refractivity contribution in [3.05, 3.63) is 59.7 Å². The second kappa shape index (κ2) is 17.0. The van der Waals surface area contributed by atoms with Crippen LogP contribution >= 0.6 is 0 Å². The maximum atomic E-state index is 12.2. The average Bonchev–Trinajstić information content (AvgIpc) is 2.98. The Morgan fingerprint density at radius 2 is 0.791 bits per heavy atom. The maximum absolute atomic E-state index is 12.2. The molecule has 0 aromatic heterocycles. The molecule has 4 unspecified atom stereocenters. The molecular weight excluding hydrogens is 552 g/mol.